The van der Waals surface area contributed by atoms with Gasteiger partial charge in [-0.3, -0.25) is 9.59 Å². The van der Waals surface area contributed by atoms with E-state index in [9.17, 15) is 9.59 Å². The van der Waals surface area contributed by atoms with E-state index in [0.717, 1.165) is 25.7 Å². The summed E-state index contributed by atoms with van der Waals surface area (Å²) >= 11 is 0. The van der Waals surface area contributed by atoms with Crippen LogP contribution in [0.3, 0.4) is 0 Å². The molecule has 0 aromatic heterocycles. The molecule has 5 N–H and O–H groups in total. The topological polar surface area (TPSA) is 135 Å². The van der Waals surface area contributed by atoms with Crippen LogP contribution < -0.4 is 0 Å². The van der Waals surface area contributed by atoms with Gasteiger partial charge in [0.15, 0.2) is 0 Å². The molecule has 0 aliphatic carbocycles. The maximum absolute atomic E-state index is 10.0. The number of aliphatic hydroxyl groups excluding tert-OH is 3. The molecule has 0 heterocycles. The van der Waals surface area contributed by atoms with Crippen LogP contribution in [0.4, 0.5) is 0 Å². The Labute approximate surface area is 177 Å². The average Bonchev–Trinajstić information content (AvgIpc) is 2.70. The zero-order valence-corrected chi connectivity index (χ0v) is 18.9. The van der Waals surface area contributed by atoms with E-state index in [1.807, 2.05) is 6.92 Å². The number of carbonyl (C=O) groups is 2. The van der Waals surface area contributed by atoms with Gasteiger partial charge in [-0.1, -0.05) is 72.1 Å². The van der Waals surface area contributed by atoms with Crippen molar-refractivity contribution < 1.29 is 35.1 Å². The molecule has 7 nitrogen and oxygen atoms in total. The highest BCUT2D eigenvalue weighted by atomic mass is 16.4. The fraction of sp³-hybridized carbons (Fsp3) is 0.909. The summed E-state index contributed by atoms with van der Waals surface area (Å²) < 4.78 is 0. The number of rotatable bonds is 16. The van der Waals surface area contributed by atoms with Gasteiger partial charge in [-0.25, -0.2) is 0 Å². The summed E-state index contributed by atoms with van der Waals surface area (Å²) in [6.45, 7) is 5.65. The Morgan fingerprint density at radius 3 is 1.07 bits per heavy atom. The number of carboxylic acids is 2. The molecule has 0 saturated heterocycles. The average molecular weight is 423 g/mol. The quantitative estimate of drug-likeness (QED) is 0.235. The van der Waals surface area contributed by atoms with Crippen LogP contribution in [0.1, 0.15) is 104 Å². The zero-order chi connectivity index (χ0) is 23.0. The third kappa shape index (κ3) is 26.8. The predicted octanol–water partition coefficient (Wildman–Crippen LogP) is 4.22. The fourth-order valence-corrected chi connectivity index (χ4v) is 2.24. The van der Waals surface area contributed by atoms with Gasteiger partial charge in [0, 0.05) is 18.3 Å². The summed E-state index contributed by atoms with van der Waals surface area (Å²) in [5.41, 5.74) is -0.667. The first-order chi connectivity index (χ1) is 13.8. The van der Waals surface area contributed by atoms with Gasteiger partial charge in [0.1, 0.15) is 0 Å². The summed E-state index contributed by atoms with van der Waals surface area (Å²) in [4.78, 5) is 20.1. The van der Waals surface area contributed by atoms with Crippen molar-refractivity contribution in [2.45, 2.75) is 104 Å². The molecule has 0 aliphatic rings. The minimum absolute atomic E-state index is 0.156. The number of carboxylic acid groups (broad SMARTS) is 2. The van der Waals surface area contributed by atoms with Crippen molar-refractivity contribution in [1.29, 1.82) is 0 Å². The Balaban J connectivity index is -0.000000350. The van der Waals surface area contributed by atoms with Crippen molar-refractivity contribution in [3.05, 3.63) is 0 Å². The Bertz CT molecular complexity index is 314. The van der Waals surface area contributed by atoms with Gasteiger partial charge in [0.05, 0.1) is 19.8 Å². The van der Waals surface area contributed by atoms with E-state index >= 15 is 0 Å². The molecular formula is C22H46O7. The zero-order valence-electron chi connectivity index (χ0n) is 18.9. The first-order valence-electron chi connectivity index (χ1n) is 11.0. The van der Waals surface area contributed by atoms with E-state index in [4.69, 9.17) is 25.5 Å². The highest BCUT2D eigenvalue weighted by molar-refractivity contribution is 5.66. The van der Waals surface area contributed by atoms with Crippen LogP contribution in [0.5, 0.6) is 0 Å². The highest BCUT2D eigenvalue weighted by Gasteiger charge is 2.24. The van der Waals surface area contributed by atoms with E-state index in [2.05, 4.69) is 13.8 Å². The van der Waals surface area contributed by atoms with E-state index in [1.165, 1.54) is 38.5 Å². The van der Waals surface area contributed by atoms with Crippen molar-refractivity contribution in [1.82, 2.24) is 0 Å². The van der Waals surface area contributed by atoms with Crippen molar-refractivity contribution in [2.75, 3.05) is 19.8 Å². The number of unbranched alkanes of at least 4 members (excludes halogenated alkanes) is 8. The van der Waals surface area contributed by atoms with Gasteiger partial charge in [-0.15, -0.1) is 0 Å². The molecule has 0 spiro atoms. The maximum Gasteiger partial charge on any atom is 0.303 e. The lowest BCUT2D eigenvalue weighted by Gasteiger charge is -2.24. The van der Waals surface area contributed by atoms with Gasteiger partial charge in [0.25, 0.3) is 0 Å². The molecule has 176 valence electrons. The number of aliphatic hydroxyl groups is 3. The Kier molecular flexibility index (Phi) is 27.8. The monoisotopic (exact) mass is 422 g/mol. The smallest absolute Gasteiger partial charge is 0.303 e. The van der Waals surface area contributed by atoms with Crippen molar-refractivity contribution in [3.63, 3.8) is 0 Å². The fourth-order valence-electron chi connectivity index (χ4n) is 2.24. The summed E-state index contributed by atoms with van der Waals surface area (Å²) in [7, 11) is 0. The third-order valence-corrected chi connectivity index (χ3v) is 4.74. The van der Waals surface area contributed by atoms with Gasteiger partial charge in [-0.2, -0.15) is 0 Å². The molecule has 0 amide bonds. The highest BCUT2D eigenvalue weighted by Crippen LogP contribution is 2.18. The lowest BCUT2D eigenvalue weighted by molar-refractivity contribution is -0.138. The maximum atomic E-state index is 10.0. The largest absolute Gasteiger partial charge is 0.481 e. The van der Waals surface area contributed by atoms with Crippen molar-refractivity contribution >= 4 is 11.9 Å². The number of hydrogen-bond acceptors (Lipinski definition) is 5. The van der Waals surface area contributed by atoms with Crippen LogP contribution in [-0.4, -0.2) is 57.3 Å². The molecule has 0 aromatic carbocycles. The first-order valence-corrected chi connectivity index (χ1v) is 11.0. The van der Waals surface area contributed by atoms with E-state index in [1.54, 1.807) is 0 Å². The van der Waals surface area contributed by atoms with Crippen LogP contribution in [0.15, 0.2) is 0 Å². The van der Waals surface area contributed by atoms with Crippen LogP contribution in [0, 0.1) is 5.41 Å². The summed E-state index contributed by atoms with van der Waals surface area (Å²) in [5, 5.41) is 42.5. The predicted molar refractivity (Wildman–Crippen MR) is 116 cm³/mol. The molecule has 0 bridgehead atoms. The SMILES string of the molecule is CCC(CO)(CO)CO.CCCCCCCC(=O)O.CCCCCCCC(=O)O. The van der Waals surface area contributed by atoms with Gasteiger partial charge in [-0.05, 0) is 19.3 Å². The van der Waals surface area contributed by atoms with Crippen LogP contribution in [0.2, 0.25) is 0 Å². The van der Waals surface area contributed by atoms with E-state index in [0.29, 0.717) is 19.3 Å². The normalized spacial score (nSPS) is 10.4. The minimum Gasteiger partial charge on any atom is -0.481 e. The molecule has 0 aromatic rings. The second kappa shape index (κ2) is 24.9. The Morgan fingerprint density at radius 2 is 0.897 bits per heavy atom. The second-order valence-electron chi connectivity index (χ2n) is 7.44. The summed E-state index contributed by atoms with van der Waals surface area (Å²) in [6, 6.07) is 0. The van der Waals surface area contributed by atoms with Crippen molar-refractivity contribution in [3.8, 4) is 0 Å². The minimum atomic E-state index is -0.670. The Hall–Kier alpha value is -1.18. The molecular weight excluding hydrogens is 376 g/mol. The molecule has 0 unspecified atom stereocenters. The third-order valence-electron chi connectivity index (χ3n) is 4.74. The van der Waals surface area contributed by atoms with E-state index < -0.39 is 17.4 Å². The molecule has 7 heteroatoms. The standard InChI is InChI=1S/2C8H16O2.C6H14O3/c2*1-2-3-4-5-6-7-8(9)10;1-2-6(3-7,4-8)5-9/h2*2-7H2,1H3,(H,9,10);7-9H,2-5H2,1H3. The molecule has 0 atom stereocenters. The molecule has 0 aliphatic heterocycles. The van der Waals surface area contributed by atoms with Crippen LogP contribution >= 0.6 is 0 Å². The van der Waals surface area contributed by atoms with Gasteiger partial charge >= 0.3 is 11.9 Å². The van der Waals surface area contributed by atoms with Crippen LogP contribution in [0.25, 0.3) is 0 Å². The van der Waals surface area contributed by atoms with Gasteiger partial charge in [0.2, 0.25) is 0 Å². The first kappa shape index (κ1) is 32.5. The summed E-state index contributed by atoms with van der Waals surface area (Å²) in [6.07, 6.45) is 12.4. The summed E-state index contributed by atoms with van der Waals surface area (Å²) in [5.74, 6) is -1.34. The molecule has 0 rings (SSSR count). The lowest BCUT2D eigenvalue weighted by atomic mass is 9.88. The molecule has 0 radical (unpaired) electrons. The molecule has 0 fully saturated rings. The number of hydrogen-bond donors (Lipinski definition) is 5. The molecule has 29 heavy (non-hydrogen) atoms. The van der Waals surface area contributed by atoms with Gasteiger partial charge < -0.3 is 25.5 Å². The molecule has 0 saturated carbocycles. The second-order valence-corrected chi connectivity index (χ2v) is 7.44. The van der Waals surface area contributed by atoms with Crippen LogP contribution in [-0.2, 0) is 9.59 Å². The Morgan fingerprint density at radius 1 is 0.586 bits per heavy atom. The van der Waals surface area contributed by atoms with Crippen molar-refractivity contribution in [2.24, 2.45) is 5.41 Å². The number of aliphatic carboxylic acids is 2. The lowest BCUT2D eigenvalue weighted by Crippen LogP contribution is -2.32. The van der Waals surface area contributed by atoms with E-state index in [-0.39, 0.29) is 19.8 Å².